The average molecular weight is 227 g/mol. The van der Waals surface area contributed by atoms with Gasteiger partial charge in [0.1, 0.15) is 5.75 Å². The number of benzene rings is 2. The van der Waals surface area contributed by atoms with E-state index in [1.54, 1.807) is 31.2 Å². The van der Waals surface area contributed by atoms with Crippen molar-refractivity contribution < 1.29 is 9.90 Å². The highest BCUT2D eigenvalue weighted by atomic mass is 16.3. The molecule has 0 saturated heterocycles. The zero-order chi connectivity index (χ0) is 12.3. The Kier molecular flexibility index (Phi) is 3.10. The fraction of sp³-hybridized carbons (Fsp3) is 0.0714. The van der Waals surface area contributed by atoms with E-state index in [1.165, 1.54) is 6.08 Å². The van der Waals surface area contributed by atoms with Crippen LogP contribution >= 0.6 is 0 Å². The molecule has 0 aliphatic heterocycles. The molecule has 2 N–H and O–H groups in total. The van der Waals surface area contributed by atoms with Crippen molar-refractivity contribution in [3.8, 4) is 5.75 Å². The summed E-state index contributed by atoms with van der Waals surface area (Å²) in [6, 6.07) is 10.8. The van der Waals surface area contributed by atoms with Gasteiger partial charge in [0.2, 0.25) is 5.91 Å². The van der Waals surface area contributed by atoms with Crippen LogP contribution in [0.25, 0.3) is 10.8 Å². The summed E-state index contributed by atoms with van der Waals surface area (Å²) >= 11 is 0. The van der Waals surface area contributed by atoms with Crippen LogP contribution < -0.4 is 5.32 Å². The van der Waals surface area contributed by atoms with Crippen LogP contribution in [-0.4, -0.2) is 11.0 Å². The van der Waals surface area contributed by atoms with Gasteiger partial charge in [-0.2, -0.15) is 0 Å². The summed E-state index contributed by atoms with van der Waals surface area (Å²) in [4.78, 5) is 11.5. The molecule has 0 aromatic heterocycles. The van der Waals surface area contributed by atoms with Gasteiger partial charge in [-0.15, -0.1) is 0 Å². The smallest absolute Gasteiger partial charge is 0.248 e. The molecule has 3 heteroatoms. The van der Waals surface area contributed by atoms with Gasteiger partial charge in [0.25, 0.3) is 0 Å². The van der Waals surface area contributed by atoms with Gasteiger partial charge in [-0.1, -0.05) is 30.3 Å². The number of anilines is 1. The standard InChI is InChI=1S/C14H13NO2/c1-2-5-13(17)15-11-8-3-6-10-7-4-9-12(16)14(10)11/h2-9,16H,1H3,(H,15,17). The normalized spacial score (nSPS) is 10.9. The summed E-state index contributed by atoms with van der Waals surface area (Å²) in [5.41, 5.74) is 0.615. The average Bonchev–Trinajstić information content (AvgIpc) is 2.29. The number of phenolic OH excluding ortho intramolecular Hbond substituents is 1. The molecule has 2 rings (SSSR count). The molecule has 0 aliphatic carbocycles. The van der Waals surface area contributed by atoms with Crippen molar-refractivity contribution in [2.24, 2.45) is 0 Å². The lowest BCUT2D eigenvalue weighted by Crippen LogP contribution is -2.07. The van der Waals surface area contributed by atoms with Crippen LogP contribution in [0.2, 0.25) is 0 Å². The summed E-state index contributed by atoms with van der Waals surface area (Å²) in [6.07, 6.45) is 3.11. The Balaban J connectivity index is 2.50. The van der Waals surface area contributed by atoms with E-state index < -0.39 is 0 Å². The molecule has 1 amide bonds. The lowest BCUT2D eigenvalue weighted by molar-refractivity contribution is -0.111. The number of hydrogen-bond acceptors (Lipinski definition) is 2. The largest absolute Gasteiger partial charge is 0.507 e. The second kappa shape index (κ2) is 4.70. The van der Waals surface area contributed by atoms with Gasteiger partial charge in [0, 0.05) is 5.39 Å². The van der Waals surface area contributed by atoms with E-state index in [9.17, 15) is 9.90 Å². The SMILES string of the molecule is CC=CC(=O)Nc1cccc2cccc(O)c12. The Morgan fingerprint density at radius 2 is 1.94 bits per heavy atom. The zero-order valence-electron chi connectivity index (χ0n) is 9.47. The van der Waals surface area contributed by atoms with Crippen LogP contribution in [0.4, 0.5) is 5.69 Å². The first kappa shape index (κ1) is 11.2. The lowest BCUT2D eigenvalue weighted by Gasteiger charge is -2.08. The molecule has 86 valence electrons. The predicted molar refractivity (Wildman–Crippen MR) is 69.1 cm³/mol. The summed E-state index contributed by atoms with van der Waals surface area (Å²) in [5.74, 6) is -0.0397. The molecule has 0 heterocycles. The fourth-order valence-electron chi connectivity index (χ4n) is 1.75. The number of phenols is 1. The Labute approximate surface area is 99.4 Å². The number of carbonyl (C=O) groups excluding carboxylic acids is 1. The van der Waals surface area contributed by atoms with Gasteiger partial charge < -0.3 is 10.4 Å². The van der Waals surface area contributed by atoms with E-state index in [0.29, 0.717) is 11.1 Å². The number of hydrogen-bond donors (Lipinski definition) is 2. The van der Waals surface area contributed by atoms with Gasteiger partial charge in [-0.3, -0.25) is 4.79 Å². The quantitative estimate of drug-likeness (QED) is 0.774. The number of fused-ring (bicyclic) bond motifs is 1. The Bertz CT molecular complexity index is 583. The molecule has 0 aliphatic rings. The summed E-state index contributed by atoms with van der Waals surface area (Å²) in [7, 11) is 0. The molecule has 2 aromatic rings. The number of rotatable bonds is 2. The van der Waals surface area contributed by atoms with Gasteiger partial charge in [-0.25, -0.2) is 0 Å². The minimum absolute atomic E-state index is 0.166. The molecule has 0 radical (unpaired) electrons. The van der Waals surface area contributed by atoms with Crippen LogP contribution in [0.1, 0.15) is 6.92 Å². The monoisotopic (exact) mass is 227 g/mol. The van der Waals surface area contributed by atoms with Gasteiger partial charge >= 0.3 is 0 Å². The molecule has 17 heavy (non-hydrogen) atoms. The number of nitrogens with one attached hydrogen (secondary N) is 1. The second-order valence-electron chi connectivity index (χ2n) is 3.67. The summed E-state index contributed by atoms with van der Waals surface area (Å²) < 4.78 is 0. The third-order valence-corrected chi connectivity index (χ3v) is 2.46. The molecule has 0 fully saturated rings. The van der Waals surface area contributed by atoms with E-state index in [2.05, 4.69) is 5.32 Å². The maximum absolute atomic E-state index is 11.5. The first-order chi connectivity index (χ1) is 8.22. The molecule has 0 spiro atoms. The highest BCUT2D eigenvalue weighted by molar-refractivity contribution is 6.07. The third kappa shape index (κ3) is 2.28. The molecule has 3 nitrogen and oxygen atoms in total. The van der Waals surface area contributed by atoms with Crippen LogP contribution in [0.15, 0.2) is 48.6 Å². The van der Waals surface area contributed by atoms with Crippen molar-refractivity contribution in [1.29, 1.82) is 0 Å². The predicted octanol–water partition coefficient (Wildman–Crippen LogP) is 3.06. The van der Waals surface area contributed by atoms with Crippen LogP contribution in [0.3, 0.4) is 0 Å². The van der Waals surface area contributed by atoms with Crippen molar-refractivity contribution in [3.05, 3.63) is 48.6 Å². The first-order valence-corrected chi connectivity index (χ1v) is 5.37. The third-order valence-electron chi connectivity index (χ3n) is 2.46. The van der Waals surface area contributed by atoms with Crippen molar-refractivity contribution in [2.45, 2.75) is 6.92 Å². The van der Waals surface area contributed by atoms with E-state index in [4.69, 9.17) is 0 Å². The highest BCUT2D eigenvalue weighted by Crippen LogP contribution is 2.31. The van der Waals surface area contributed by atoms with Gasteiger partial charge in [0.15, 0.2) is 0 Å². The molecule has 0 unspecified atom stereocenters. The Morgan fingerprint density at radius 3 is 2.65 bits per heavy atom. The van der Waals surface area contributed by atoms with E-state index in [-0.39, 0.29) is 11.7 Å². The molecular formula is C14H13NO2. The Hall–Kier alpha value is -2.29. The number of aromatic hydroxyl groups is 1. The minimum atomic E-state index is -0.205. The van der Waals surface area contributed by atoms with Crippen LogP contribution in [0, 0.1) is 0 Å². The summed E-state index contributed by atoms with van der Waals surface area (Å²) in [5, 5.41) is 14.1. The van der Waals surface area contributed by atoms with Crippen molar-refractivity contribution in [2.75, 3.05) is 5.32 Å². The second-order valence-corrected chi connectivity index (χ2v) is 3.67. The topological polar surface area (TPSA) is 49.3 Å². The first-order valence-electron chi connectivity index (χ1n) is 5.37. The van der Waals surface area contributed by atoms with Gasteiger partial charge in [-0.05, 0) is 30.5 Å². The number of carbonyl (C=O) groups is 1. The number of amides is 1. The van der Waals surface area contributed by atoms with E-state index in [1.807, 2.05) is 18.2 Å². The van der Waals surface area contributed by atoms with E-state index >= 15 is 0 Å². The zero-order valence-corrected chi connectivity index (χ0v) is 9.47. The highest BCUT2D eigenvalue weighted by Gasteiger charge is 2.06. The van der Waals surface area contributed by atoms with Crippen LogP contribution in [0.5, 0.6) is 5.75 Å². The summed E-state index contributed by atoms with van der Waals surface area (Å²) in [6.45, 7) is 1.78. The minimum Gasteiger partial charge on any atom is -0.507 e. The van der Waals surface area contributed by atoms with Crippen molar-refractivity contribution in [3.63, 3.8) is 0 Å². The fourth-order valence-corrected chi connectivity index (χ4v) is 1.75. The van der Waals surface area contributed by atoms with Crippen LogP contribution in [-0.2, 0) is 4.79 Å². The maximum atomic E-state index is 11.5. The molecular weight excluding hydrogens is 214 g/mol. The van der Waals surface area contributed by atoms with Gasteiger partial charge in [0.05, 0.1) is 5.69 Å². The Morgan fingerprint density at radius 1 is 1.24 bits per heavy atom. The number of allylic oxidation sites excluding steroid dienone is 1. The van der Waals surface area contributed by atoms with Crippen molar-refractivity contribution in [1.82, 2.24) is 0 Å². The van der Waals surface area contributed by atoms with E-state index in [0.717, 1.165) is 5.39 Å². The molecule has 2 aromatic carbocycles. The lowest BCUT2D eigenvalue weighted by atomic mass is 10.1. The molecule has 0 bridgehead atoms. The maximum Gasteiger partial charge on any atom is 0.248 e. The van der Waals surface area contributed by atoms with Crippen molar-refractivity contribution >= 4 is 22.4 Å². The molecule has 0 atom stereocenters. The molecule has 0 saturated carbocycles.